The molecule has 0 rings (SSSR count). The molecule has 0 amide bonds. The number of hydrogen-bond donors (Lipinski definition) is 0. The molecular formula is C7H16AlCl. The minimum atomic E-state index is -0.148. The van der Waals surface area contributed by atoms with Gasteiger partial charge in [-0.25, -0.2) is 0 Å². The molecule has 0 heterocycles. The van der Waals surface area contributed by atoms with Crippen LogP contribution in [0.4, 0.5) is 0 Å². The highest BCUT2D eigenvalue weighted by molar-refractivity contribution is 6.93. The van der Waals surface area contributed by atoms with Crippen LogP contribution >= 0.6 is 10.0 Å². The molecule has 0 nitrogen and oxygen atoms in total. The van der Waals surface area contributed by atoms with Crippen LogP contribution < -0.4 is 0 Å². The second kappa shape index (κ2) is 8.82. The van der Waals surface area contributed by atoms with E-state index in [9.17, 15) is 0 Å². The highest BCUT2D eigenvalue weighted by Crippen LogP contribution is 2.04. The van der Waals surface area contributed by atoms with Crippen LogP contribution in [-0.4, -0.2) is 14.3 Å². The van der Waals surface area contributed by atoms with Crippen molar-refractivity contribution in [3.8, 4) is 0 Å². The van der Waals surface area contributed by atoms with Crippen LogP contribution in [0.5, 0.6) is 0 Å². The van der Waals surface area contributed by atoms with Crippen molar-refractivity contribution >= 4 is 24.3 Å². The first-order valence-electron chi connectivity index (χ1n) is 3.97. The van der Waals surface area contributed by atoms with Gasteiger partial charge in [-0.1, -0.05) is 44.3 Å². The molecular weight excluding hydrogens is 147 g/mol. The molecule has 0 fully saturated rings. The quantitative estimate of drug-likeness (QED) is 0.416. The molecule has 0 aliphatic rings. The first-order valence-corrected chi connectivity index (χ1v) is 7.11. The van der Waals surface area contributed by atoms with Gasteiger partial charge in [0.1, 0.15) is 0 Å². The molecule has 0 aliphatic heterocycles. The van der Waals surface area contributed by atoms with Crippen LogP contribution in [0.25, 0.3) is 0 Å². The van der Waals surface area contributed by atoms with Crippen molar-refractivity contribution < 1.29 is 0 Å². The predicted octanol–water partition coefficient (Wildman–Crippen LogP) is 2.97. The largest absolute Gasteiger partial charge is 0.376 e. The average molecular weight is 163 g/mol. The van der Waals surface area contributed by atoms with Gasteiger partial charge in [-0.05, 0) is 0 Å². The van der Waals surface area contributed by atoms with Crippen LogP contribution in [0, 0.1) is 0 Å². The summed E-state index contributed by atoms with van der Waals surface area (Å²) in [5.41, 5.74) is 0. The third-order valence-corrected chi connectivity index (χ3v) is 3.06. The van der Waals surface area contributed by atoms with Crippen molar-refractivity contribution in [1.29, 1.82) is 0 Å². The lowest BCUT2D eigenvalue weighted by Crippen LogP contribution is -1.79. The molecule has 0 radical (unpaired) electrons. The standard InChI is InChI=1S/C7H15.Al.ClH.H/c1-3-5-7-6-4-2;;;/h1,3-7H2,2H3;;1H;/q;+1;;/p-1. The molecule has 0 saturated heterocycles. The molecule has 0 aromatic heterocycles. The molecule has 9 heavy (non-hydrogen) atoms. The number of rotatable bonds is 6. The van der Waals surface area contributed by atoms with Gasteiger partial charge in [-0.2, -0.15) is 0 Å². The van der Waals surface area contributed by atoms with Gasteiger partial charge < -0.3 is 0 Å². The minimum absolute atomic E-state index is 0.148. The van der Waals surface area contributed by atoms with E-state index >= 15 is 0 Å². The molecule has 0 bridgehead atoms. The summed E-state index contributed by atoms with van der Waals surface area (Å²) in [6, 6.07) is 0. The van der Waals surface area contributed by atoms with E-state index in [1.165, 1.54) is 37.4 Å². The maximum absolute atomic E-state index is 5.65. The van der Waals surface area contributed by atoms with E-state index in [-0.39, 0.29) is 14.3 Å². The number of hydrogen-bond acceptors (Lipinski definition) is 0. The molecule has 0 atom stereocenters. The molecule has 0 spiro atoms. The Morgan fingerprint density at radius 1 is 1.11 bits per heavy atom. The first kappa shape index (κ1) is 9.82. The Hall–Kier alpha value is 0.822. The molecule has 54 valence electrons. The summed E-state index contributed by atoms with van der Waals surface area (Å²) in [5.74, 6) is 0. The number of halogens is 1. The van der Waals surface area contributed by atoms with Gasteiger partial charge in [-0.15, -0.1) is 0 Å². The summed E-state index contributed by atoms with van der Waals surface area (Å²) in [6.45, 7) is 2.25. The molecule has 0 unspecified atom stereocenters. The van der Waals surface area contributed by atoms with E-state index in [0.29, 0.717) is 0 Å². The van der Waals surface area contributed by atoms with Crippen LogP contribution in [0.3, 0.4) is 0 Å². The topological polar surface area (TPSA) is 0 Å². The van der Waals surface area contributed by atoms with Crippen molar-refractivity contribution in [1.82, 2.24) is 0 Å². The maximum atomic E-state index is 5.65. The van der Waals surface area contributed by atoms with E-state index < -0.39 is 0 Å². The normalized spacial score (nSPS) is 9.56. The lowest BCUT2D eigenvalue weighted by atomic mass is 10.2. The Labute approximate surface area is 68.9 Å². The monoisotopic (exact) mass is 162 g/mol. The summed E-state index contributed by atoms with van der Waals surface area (Å²) in [5, 5.41) is 1.34. The number of unbranched alkanes of at least 4 members (excludes halogenated alkanes) is 4. The van der Waals surface area contributed by atoms with Crippen molar-refractivity contribution in [3.63, 3.8) is 0 Å². The molecule has 0 N–H and O–H groups in total. The molecule has 0 aliphatic carbocycles. The zero-order chi connectivity index (χ0) is 6.95. The summed E-state index contributed by atoms with van der Waals surface area (Å²) in [6.07, 6.45) is 6.97. The smallest absolute Gasteiger partial charge is 0.267 e. The van der Waals surface area contributed by atoms with Crippen LogP contribution in [0.1, 0.15) is 39.0 Å². The van der Waals surface area contributed by atoms with Gasteiger partial charge >= 0.3 is 14.3 Å². The minimum Gasteiger partial charge on any atom is -0.267 e. The van der Waals surface area contributed by atoms with E-state index in [1.807, 2.05) is 0 Å². The van der Waals surface area contributed by atoms with Crippen molar-refractivity contribution in [3.05, 3.63) is 0 Å². The first-order chi connectivity index (χ1) is 4.41. The van der Waals surface area contributed by atoms with E-state index in [0.717, 1.165) is 0 Å². The second-order valence-electron chi connectivity index (χ2n) is 2.46. The summed E-state index contributed by atoms with van der Waals surface area (Å²) in [7, 11) is 5.65. The third-order valence-electron chi connectivity index (χ3n) is 1.49. The van der Waals surface area contributed by atoms with E-state index in [2.05, 4.69) is 6.92 Å². The van der Waals surface area contributed by atoms with Gasteiger partial charge in [0.15, 0.2) is 0 Å². The molecule has 2 heteroatoms. The van der Waals surface area contributed by atoms with Crippen molar-refractivity contribution in [2.75, 3.05) is 0 Å². The predicted molar refractivity (Wildman–Crippen MR) is 46.6 cm³/mol. The fourth-order valence-electron chi connectivity index (χ4n) is 0.875. The third kappa shape index (κ3) is 8.82. The van der Waals surface area contributed by atoms with Gasteiger partial charge in [0.25, 0.3) is 0 Å². The Bertz CT molecular complexity index is 42.2. The SMILES string of the molecule is CCCCCC[CH2][AlH][Cl]. The van der Waals surface area contributed by atoms with Crippen molar-refractivity contribution in [2.24, 2.45) is 0 Å². The zero-order valence-corrected chi connectivity index (χ0v) is 8.50. The lowest BCUT2D eigenvalue weighted by molar-refractivity contribution is 0.656. The summed E-state index contributed by atoms with van der Waals surface area (Å²) < 4.78 is 0. The van der Waals surface area contributed by atoms with Gasteiger partial charge in [0.2, 0.25) is 0 Å². The molecule has 0 aromatic carbocycles. The van der Waals surface area contributed by atoms with E-state index in [1.54, 1.807) is 0 Å². The Kier molecular flexibility index (Phi) is 9.63. The van der Waals surface area contributed by atoms with E-state index in [4.69, 9.17) is 10.0 Å². The Morgan fingerprint density at radius 3 is 2.33 bits per heavy atom. The van der Waals surface area contributed by atoms with Crippen molar-refractivity contribution in [2.45, 2.75) is 44.3 Å². The van der Waals surface area contributed by atoms with Crippen LogP contribution in [-0.2, 0) is 0 Å². The Balaban J connectivity index is 2.60. The van der Waals surface area contributed by atoms with Crippen LogP contribution in [0.15, 0.2) is 0 Å². The maximum Gasteiger partial charge on any atom is 0.376 e. The van der Waals surface area contributed by atoms with Gasteiger partial charge in [0, 0.05) is 0 Å². The fourth-order valence-corrected chi connectivity index (χ4v) is 1.98. The molecule has 0 saturated carbocycles. The summed E-state index contributed by atoms with van der Waals surface area (Å²) in [4.78, 5) is 0. The van der Waals surface area contributed by atoms with Crippen LogP contribution in [0.2, 0.25) is 5.28 Å². The highest BCUT2D eigenvalue weighted by Gasteiger charge is 1.89. The fraction of sp³-hybridized carbons (Fsp3) is 1.00. The average Bonchev–Trinajstić information content (AvgIpc) is 1.89. The molecule has 0 aromatic rings. The lowest BCUT2D eigenvalue weighted by Gasteiger charge is -1.94. The van der Waals surface area contributed by atoms with Gasteiger partial charge in [0.05, 0.1) is 0 Å². The highest BCUT2D eigenvalue weighted by atomic mass is 35.6. The van der Waals surface area contributed by atoms with Gasteiger partial charge in [-0.3, -0.25) is 10.0 Å². The zero-order valence-electron chi connectivity index (χ0n) is 6.33. The summed E-state index contributed by atoms with van der Waals surface area (Å²) >= 11 is -0.148. The second-order valence-corrected chi connectivity index (χ2v) is 4.68. The Morgan fingerprint density at radius 2 is 1.78 bits per heavy atom.